The highest BCUT2D eigenvalue weighted by atomic mass is 79.9. The second-order valence-corrected chi connectivity index (χ2v) is 5.06. The Morgan fingerprint density at radius 3 is 2.80 bits per heavy atom. The van der Waals surface area contributed by atoms with Gasteiger partial charge in [-0.2, -0.15) is 0 Å². The molecule has 4 N–H and O–H groups in total. The highest BCUT2D eigenvalue weighted by molar-refractivity contribution is 9.10. The van der Waals surface area contributed by atoms with Crippen LogP contribution in [-0.2, 0) is 11.3 Å². The van der Waals surface area contributed by atoms with E-state index in [1.54, 1.807) is 19.2 Å². The van der Waals surface area contributed by atoms with Gasteiger partial charge in [-0.05, 0) is 28.1 Å². The van der Waals surface area contributed by atoms with Crippen molar-refractivity contribution >= 4 is 44.9 Å². The molecular formula is C12H13BrClN5O. The molecule has 0 spiro atoms. The molecular weight excluding hydrogens is 346 g/mol. The molecule has 0 saturated heterocycles. The first kappa shape index (κ1) is 15.0. The number of hydrazine groups is 1. The fourth-order valence-electron chi connectivity index (χ4n) is 1.57. The lowest BCUT2D eigenvalue weighted by molar-refractivity contribution is 0.178. The minimum Gasteiger partial charge on any atom is -0.377 e. The summed E-state index contributed by atoms with van der Waals surface area (Å²) in [6.07, 6.45) is 0. The zero-order chi connectivity index (χ0) is 14.5. The predicted octanol–water partition coefficient (Wildman–Crippen LogP) is 3.07. The highest BCUT2D eigenvalue weighted by Gasteiger charge is 2.08. The fraction of sp³-hybridized carbons (Fsp3) is 0.167. The Morgan fingerprint density at radius 2 is 2.10 bits per heavy atom. The predicted molar refractivity (Wildman–Crippen MR) is 83.0 cm³/mol. The lowest BCUT2D eigenvalue weighted by Crippen LogP contribution is -2.12. The van der Waals surface area contributed by atoms with E-state index >= 15 is 0 Å². The van der Waals surface area contributed by atoms with Crippen LogP contribution in [0, 0.1) is 0 Å². The lowest BCUT2D eigenvalue weighted by atomic mass is 10.3. The van der Waals surface area contributed by atoms with Gasteiger partial charge in [0.25, 0.3) is 0 Å². The smallest absolute Gasteiger partial charge is 0.158 e. The SMILES string of the molecule is COCc1nc(NN)cc(Nc2cccc(Cl)c2Br)n1. The van der Waals surface area contributed by atoms with Crippen LogP contribution >= 0.6 is 27.5 Å². The van der Waals surface area contributed by atoms with Crippen molar-refractivity contribution in [2.75, 3.05) is 17.9 Å². The summed E-state index contributed by atoms with van der Waals surface area (Å²) >= 11 is 9.47. The monoisotopic (exact) mass is 357 g/mol. The number of halogens is 2. The van der Waals surface area contributed by atoms with Gasteiger partial charge in [0.2, 0.25) is 0 Å². The molecule has 2 rings (SSSR count). The number of nitrogens with two attached hydrogens (primary N) is 1. The van der Waals surface area contributed by atoms with Crippen molar-refractivity contribution in [2.24, 2.45) is 5.84 Å². The molecule has 1 aromatic heterocycles. The number of rotatable bonds is 5. The summed E-state index contributed by atoms with van der Waals surface area (Å²) in [5.74, 6) is 6.99. The summed E-state index contributed by atoms with van der Waals surface area (Å²) in [6, 6.07) is 7.20. The van der Waals surface area contributed by atoms with Crippen molar-refractivity contribution in [3.8, 4) is 0 Å². The van der Waals surface area contributed by atoms with Gasteiger partial charge >= 0.3 is 0 Å². The Bertz CT molecular complexity index is 610. The molecule has 1 aromatic carbocycles. The molecule has 0 unspecified atom stereocenters. The molecule has 0 radical (unpaired) electrons. The Balaban J connectivity index is 2.32. The molecule has 0 fully saturated rings. The largest absolute Gasteiger partial charge is 0.377 e. The summed E-state index contributed by atoms with van der Waals surface area (Å²) in [6.45, 7) is 0.293. The average Bonchev–Trinajstić information content (AvgIpc) is 2.44. The third-order valence-corrected chi connectivity index (χ3v) is 3.81. The molecule has 0 aliphatic heterocycles. The van der Waals surface area contributed by atoms with Crippen molar-refractivity contribution < 1.29 is 4.74 Å². The van der Waals surface area contributed by atoms with E-state index in [1.165, 1.54) is 0 Å². The molecule has 1 heterocycles. The second-order valence-electron chi connectivity index (χ2n) is 3.86. The number of hydrogen-bond acceptors (Lipinski definition) is 6. The molecule has 0 atom stereocenters. The van der Waals surface area contributed by atoms with Crippen LogP contribution in [0.15, 0.2) is 28.7 Å². The Hall–Kier alpha value is -1.41. The third kappa shape index (κ3) is 3.57. The van der Waals surface area contributed by atoms with Crippen LogP contribution in [0.4, 0.5) is 17.3 Å². The standard InChI is InChI=1S/C12H13BrClN5O/c1-20-6-11-17-9(5-10(18-11)19-15)16-8-4-2-3-7(14)12(8)13/h2-5H,6,15H2,1H3,(H2,16,17,18,19). The van der Waals surface area contributed by atoms with Crippen LogP contribution < -0.4 is 16.6 Å². The first-order valence-corrected chi connectivity index (χ1v) is 6.85. The van der Waals surface area contributed by atoms with Gasteiger partial charge < -0.3 is 15.5 Å². The molecule has 8 heteroatoms. The molecule has 0 saturated carbocycles. The quantitative estimate of drug-likeness (QED) is 0.562. The van der Waals surface area contributed by atoms with Crippen molar-refractivity contribution in [3.05, 3.63) is 39.6 Å². The summed E-state index contributed by atoms with van der Waals surface area (Å²) in [4.78, 5) is 8.50. The highest BCUT2D eigenvalue weighted by Crippen LogP contribution is 2.32. The van der Waals surface area contributed by atoms with Gasteiger partial charge in [0.05, 0.1) is 15.2 Å². The van der Waals surface area contributed by atoms with Gasteiger partial charge in [-0.1, -0.05) is 17.7 Å². The van der Waals surface area contributed by atoms with Gasteiger partial charge in [-0.15, -0.1) is 0 Å². The van der Waals surface area contributed by atoms with Gasteiger partial charge in [0.15, 0.2) is 5.82 Å². The van der Waals surface area contributed by atoms with E-state index in [-0.39, 0.29) is 0 Å². The lowest BCUT2D eigenvalue weighted by Gasteiger charge is -2.11. The second kappa shape index (κ2) is 6.85. The number of aromatic nitrogens is 2. The first-order valence-electron chi connectivity index (χ1n) is 5.68. The van der Waals surface area contributed by atoms with Crippen LogP contribution in [0.2, 0.25) is 5.02 Å². The van der Waals surface area contributed by atoms with Crippen LogP contribution in [0.5, 0.6) is 0 Å². The van der Waals surface area contributed by atoms with E-state index in [4.69, 9.17) is 22.2 Å². The Kier molecular flexibility index (Phi) is 5.13. The molecule has 0 aliphatic rings. The van der Waals surface area contributed by atoms with Crippen LogP contribution in [0.1, 0.15) is 5.82 Å². The number of nitrogen functional groups attached to an aromatic ring is 1. The van der Waals surface area contributed by atoms with E-state index in [0.717, 1.165) is 10.2 Å². The minimum absolute atomic E-state index is 0.293. The van der Waals surface area contributed by atoms with Crippen LogP contribution in [0.25, 0.3) is 0 Å². The molecule has 20 heavy (non-hydrogen) atoms. The number of nitrogens with one attached hydrogen (secondary N) is 2. The van der Waals surface area contributed by atoms with E-state index in [0.29, 0.717) is 29.1 Å². The van der Waals surface area contributed by atoms with E-state index in [9.17, 15) is 0 Å². The molecule has 0 aliphatic carbocycles. The van der Waals surface area contributed by atoms with Crippen LogP contribution in [-0.4, -0.2) is 17.1 Å². The Morgan fingerprint density at radius 1 is 1.35 bits per heavy atom. The fourth-order valence-corrected chi connectivity index (χ4v) is 2.11. The number of methoxy groups -OCH3 is 1. The molecule has 0 amide bonds. The zero-order valence-corrected chi connectivity index (χ0v) is 13.0. The van der Waals surface area contributed by atoms with Crippen molar-refractivity contribution in [2.45, 2.75) is 6.61 Å². The maximum atomic E-state index is 6.05. The topological polar surface area (TPSA) is 85.1 Å². The minimum atomic E-state index is 0.293. The number of hydrogen-bond donors (Lipinski definition) is 3. The normalized spacial score (nSPS) is 10.4. The maximum absolute atomic E-state index is 6.05. The third-order valence-electron chi connectivity index (χ3n) is 2.41. The first-order chi connectivity index (χ1) is 9.63. The molecule has 6 nitrogen and oxygen atoms in total. The van der Waals surface area contributed by atoms with E-state index < -0.39 is 0 Å². The van der Waals surface area contributed by atoms with E-state index in [2.05, 4.69) is 36.6 Å². The van der Waals surface area contributed by atoms with Crippen molar-refractivity contribution in [1.82, 2.24) is 9.97 Å². The summed E-state index contributed by atoms with van der Waals surface area (Å²) < 4.78 is 5.78. The Labute approximate surface area is 129 Å². The van der Waals surface area contributed by atoms with Crippen LogP contribution in [0.3, 0.4) is 0 Å². The molecule has 2 aromatic rings. The zero-order valence-electron chi connectivity index (χ0n) is 10.7. The maximum Gasteiger partial charge on any atom is 0.158 e. The number of anilines is 3. The number of benzene rings is 1. The van der Waals surface area contributed by atoms with Gasteiger partial charge in [0, 0.05) is 13.2 Å². The van der Waals surface area contributed by atoms with Gasteiger partial charge in [0.1, 0.15) is 18.2 Å². The number of nitrogens with zero attached hydrogens (tertiary/aromatic N) is 2. The number of ether oxygens (including phenoxy) is 1. The van der Waals surface area contributed by atoms with Gasteiger partial charge in [-0.3, -0.25) is 0 Å². The van der Waals surface area contributed by atoms with Gasteiger partial charge in [-0.25, -0.2) is 15.8 Å². The summed E-state index contributed by atoms with van der Waals surface area (Å²) in [5, 5.41) is 3.76. The van der Waals surface area contributed by atoms with E-state index in [1.807, 2.05) is 12.1 Å². The molecule has 0 bridgehead atoms. The van der Waals surface area contributed by atoms with Crippen molar-refractivity contribution in [1.29, 1.82) is 0 Å². The summed E-state index contributed by atoms with van der Waals surface area (Å²) in [7, 11) is 1.58. The average molecular weight is 359 g/mol. The molecule has 106 valence electrons. The summed E-state index contributed by atoms with van der Waals surface area (Å²) in [5.41, 5.74) is 3.29. The van der Waals surface area contributed by atoms with Crippen molar-refractivity contribution in [3.63, 3.8) is 0 Å².